The van der Waals surface area contributed by atoms with Crippen molar-refractivity contribution in [1.82, 2.24) is 15.1 Å². The lowest BCUT2D eigenvalue weighted by molar-refractivity contribution is 0.208. The highest BCUT2D eigenvalue weighted by Crippen LogP contribution is 2.20. The molecule has 29 heavy (non-hydrogen) atoms. The number of urea groups is 1. The molecule has 2 aromatic rings. The molecule has 2 aliphatic heterocycles. The number of piperidine rings is 1. The maximum Gasteiger partial charge on any atom is 0.321 e. The summed E-state index contributed by atoms with van der Waals surface area (Å²) in [5.74, 6) is 1.86. The van der Waals surface area contributed by atoms with Crippen LogP contribution >= 0.6 is 0 Å². The second-order valence-corrected chi connectivity index (χ2v) is 8.00. The highest BCUT2D eigenvalue weighted by molar-refractivity contribution is 5.89. The van der Waals surface area contributed by atoms with Crippen molar-refractivity contribution in [2.75, 3.05) is 54.4 Å². The first-order valence-corrected chi connectivity index (χ1v) is 10.6. The van der Waals surface area contributed by atoms with Gasteiger partial charge in [0, 0.05) is 45.0 Å². The maximum absolute atomic E-state index is 12.6. The molecule has 0 aliphatic carbocycles. The molecule has 0 spiro atoms. The number of amides is 2. The first-order chi connectivity index (χ1) is 14.1. The van der Waals surface area contributed by atoms with E-state index >= 15 is 0 Å². The lowest BCUT2D eigenvalue weighted by atomic mass is 10.1. The Morgan fingerprint density at radius 2 is 1.41 bits per heavy atom. The van der Waals surface area contributed by atoms with E-state index in [0.29, 0.717) is 13.1 Å². The van der Waals surface area contributed by atoms with Gasteiger partial charge in [-0.2, -0.15) is 0 Å². The summed E-state index contributed by atoms with van der Waals surface area (Å²) >= 11 is 0. The van der Waals surface area contributed by atoms with Crippen molar-refractivity contribution in [1.29, 1.82) is 0 Å². The standard InChI is InChI=1S/C22H30N6O/c1-17-6-7-19(16-18(17)2)23-22(29)28-14-12-27(13-15-28)21-9-8-20(24-25-21)26-10-4-3-5-11-26/h6-9,16H,3-5,10-15H2,1-2H3,(H,23,29). The van der Waals surface area contributed by atoms with Gasteiger partial charge >= 0.3 is 6.03 Å². The Kier molecular flexibility index (Phi) is 5.83. The van der Waals surface area contributed by atoms with Crippen LogP contribution in [-0.4, -0.2) is 60.4 Å². The molecule has 0 saturated carbocycles. The Morgan fingerprint density at radius 3 is 2.00 bits per heavy atom. The summed E-state index contributed by atoms with van der Waals surface area (Å²) < 4.78 is 0. The van der Waals surface area contributed by atoms with E-state index < -0.39 is 0 Å². The number of anilines is 3. The molecule has 3 heterocycles. The molecule has 0 bridgehead atoms. The molecule has 0 atom stereocenters. The van der Waals surface area contributed by atoms with Crippen molar-refractivity contribution in [2.24, 2.45) is 0 Å². The summed E-state index contributed by atoms with van der Waals surface area (Å²) in [5.41, 5.74) is 3.25. The molecule has 1 N–H and O–H groups in total. The average Bonchev–Trinajstić information content (AvgIpc) is 2.77. The number of nitrogens with one attached hydrogen (secondary N) is 1. The lowest BCUT2D eigenvalue weighted by Gasteiger charge is -2.35. The van der Waals surface area contributed by atoms with Crippen LogP contribution in [0.3, 0.4) is 0 Å². The van der Waals surface area contributed by atoms with E-state index in [4.69, 9.17) is 0 Å². The van der Waals surface area contributed by atoms with Gasteiger partial charge in [0.1, 0.15) is 0 Å². The molecule has 154 valence electrons. The largest absolute Gasteiger partial charge is 0.355 e. The highest BCUT2D eigenvalue weighted by atomic mass is 16.2. The minimum absolute atomic E-state index is 0.0422. The van der Waals surface area contributed by atoms with Gasteiger partial charge in [-0.1, -0.05) is 6.07 Å². The normalized spacial score (nSPS) is 17.4. The molecule has 2 aliphatic rings. The monoisotopic (exact) mass is 394 g/mol. The summed E-state index contributed by atoms with van der Waals surface area (Å²) in [6.07, 6.45) is 3.77. The molecule has 2 fully saturated rings. The SMILES string of the molecule is Cc1ccc(NC(=O)N2CCN(c3ccc(N4CCCCC4)nn3)CC2)cc1C. The van der Waals surface area contributed by atoms with Gasteiger partial charge < -0.3 is 20.0 Å². The molecule has 1 aromatic heterocycles. The van der Waals surface area contributed by atoms with Gasteiger partial charge in [-0.25, -0.2) is 4.79 Å². The Labute approximate surface area is 172 Å². The minimum atomic E-state index is -0.0422. The number of rotatable bonds is 3. The van der Waals surface area contributed by atoms with E-state index in [9.17, 15) is 4.79 Å². The van der Waals surface area contributed by atoms with Gasteiger partial charge in [0.15, 0.2) is 11.6 Å². The van der Waals surface area contributed by atoms with Gasteiger partial charge in [0.2, 0.25) is 0 Å². The summed E-state index contributed by atoms with van der Waals surface area (Å²) in [7, 11) is 0. The van der Waals surface area contributed by atoms with Crippen LogP contribution in [0.2, 0.25) is 0 Å². The van der Waals surface area contributed by atoms with Crippen molar-refractivity contribution < 1.29 is 4.79 Å². The summed E-state index contributed by atoms with van der Waals surface area (Å²) in [6.45, 7) is 9.14. The van der Waals surface area contributed by atoms with Crippen molar-refractivity contribution in [3.8, 4) is 0 Å². The number of piperazine rings is 1. The molecule has 0 radical (unpaired) electrons. The van der Waals surface area contributed by atoms with Crippen molar-refractivity contribution >= 4 is 23.4 Å². The van der Waals surface area contributed by atoms with E-state index in [1.807, 2.05) is 23.1 Å². The van der Waals surface area contributed by atoms with Crippen LogP contribution < -0.4 is 15.1 Å². The quantitative estimate of drug-likeness (QED) is 0.864. The van der Waals surface area contributed by atoms with Gasteiger partial charge in [0.05, 0.1) is 0 Å². The molecule has 2 amide bonds. The third kappa shape index (κ3) is 4.60. The molecule has 0 unspecified atom stereocenters. The van der Waals surface area contributed by atoms with Crippen molar-refractivity contribution in [3.63, 3.8) is 0 Å². The predicted octanol–water partition coefficient (Wildman–Crippen LogP) is 3.44. The number of benzene rings is 1. The van der Waals surface area contributed by atoms with E-state index in [1.54, 1.807) is 0 Å². The van der Waals surface area contributed by atoms with Crippen LogP contribution in [0, 0.1) is 13.8 Å². The first-order valence-electron chi connectivity index (χ1n) is 10.6. The van der Waals surface area contributed by atoms with E-state index in [1.165, 1.54) is 30.4 Å². The number of nitrogens with zero attached hydrogens (tertiary/aromatic N) is 5. The van der Waals surface area contributed by atoms with Crippen LogP contribution in [0.15, 0.2) is 30.3 Å². The van der Waals surface area contributed by atoms with Crippen LogP contribution in [0.25, 0.3) is 0 Å². The third-order valence-electron chi connectivity index (χ3n) is 5.97. The summed E-state index contributed by atoms with van der Waals surface area (Å²) in [4.78, 5) is 19.0. The van der Waals surface area contributed by atoms with Gasteiger partial charge in [-0.15, -0.1) is 10.2 Å². The number of hydrogen-bond acceptors (Lipinski definition) is 5. The van der Waals surface area contributed by atoms with E-state index in [0.717, 1.165) is 43.5 Å². The Bertz CT molecular complexity index is 839. The van der Waals surface area contributed by atoms with Crippen molar-refractivity contribution in [3.05, 3.63) is 41.5 Å². The fraction of sp³-hybridized carbons (Fsp3) is 0.500. The average molecular weight is 395 g/mol. The molecule has 7 heteroatoms. The second kappa shape index (κ2) is 8.68. The van der Waals surface area contributed by atoms with Gasteiger partial charge in [-0.05, 0) is 68.5 Å². The smallest absolute Gasteiger partial charge is 0.321 e. The summed E-state index contributed by atoms with van der Waals surface area (Å²) in [5, 5.41) is 11.9. The van der Waals surface area contributed by atoms with Crippen LogP contribution in [0.4, 0.5) is 22.1 Å². The minimum Gasteiger partial charge on any atom is -0.355 e. The molecular weight excluding hydrogens is 364 g/mol. The van der Waals surface area contributed by atoms with E-state index in [-0.39, 0.29) is 6.03 Å². The van der Waals surface area contributed by atoms with Gasteiger partial charge in [0.25, 0.3) is 0 Å². The molecule has 4 rings (SSSR count). The summed E-state index contributed by atoms with van der Waals surface area (Å²) in [6, 6.07) is 10.1. The Balaban J connectivity index is 1.30. The van der Waals surface area contributed by atoms with Crippen molar-refractivity contribution in [2.45, 2.75) is 33.1 Å². The highest BCUT2D eigenvalue weighted by Gasteiger charge is 2.22. The predicted molar refractivity (Wildman–Crippen MR) is 117 cm³/mol. The topological polar surface area (TPSA) is 64.6 Å². The maximum atomic E-state index is 12.6. The number of carbonyl (C=O) groups excluding carboxylic acids is 1. The van der Waals surface area contributed by atoms with Gasteiger partial charge in [-0.3, -0.25) is 0 Å². The number of aromatic nitrogens is 2. The molecule has 1 aromatic carbocycles. The fourth-order valence-corrected chi connectivity index (χ4v) is 3.94. The fourth-order valence-electron chi connectivity index (χ4n) is 3.94. The molecule has 7 nitrogen and oxygen atoms in total. The van der Waals surface area contributed by atoms with Crippen LogP contribution in [0.5, 0.6) is 0 Å². The number of carbonyl (C=O) groups is 1. The second-order valence-electron chi connectivity index (χ2n) is 8.00. The molecule has 2 saturated heterocycles. The Hall–Kier alpha value is -2.83. The lowest BCUT2D eigenvalue weighted by Crippen LogP contribution is -2.50. The number of aryl methyl sites for hydroxylation is 2. The molecular formula is C22H30N6O. The zero-order valence-electron chi connectivity index (χ0n) is 17.4. The van der Waals surface area contributed by atoms with Crippen LogP contribution in [-0.2, 0) is 0 Å². The van der Waals surface area contributed by atoms with E-state index in [2.05, 4.69) is 51.3 Å². The zero-order valence-corrected chi connectivity index (χ0v) is 17.4. The third-order valence-corrected chi connectivity index (χ3v) is 5.97. The number of hydrogen-bond donors (Lipinski definition) is 1. The first kappa shape index (κ1) is 19.5. The van der Waals surface area contributed by atoms with Crippen LogP contribution in [0.1, 0.15) is 30.4 Å². The Morgan fingerprint density at radius 1 is 0.793 bits per heavy atom. The zero-order chi connectivity index (χ0) is 20.2.